The van der Waals surface area contributed by atoms with Gasteiger partial charge in [0.1, 0.15) is 0 Å². The maximum Gasteiger partial charge on any atom is 0.276 e. The van der Waals surface area contributed by atoms with Crippen LogP contribution >= 0.6 is 0 Å². The monoisotopic (exact) mass is 497 g/mol. The van der Waals surface area contributed by atoms with Crippen molar-refractivity contribution in [2.75, 3.05) is 36.9 Å². The Labute approximate surface area is 213 Å². The van der Waals surface area contributed by atoms with E-state index in [2.05, 4.69) is 35.7 Å². The summed E-state index contributed by atoms with van der Waals surface area (Å²) < 4.78 is 5.39. The van der Waals surface area contributed by atoms with Gasteiger partial charge in [0.15, 0.2) is 5.69 Å². The second kappa shape index (κ2) is 10.1. The van der Waals surface area contributed by atoms with Gasteiger partial charge >= 0.3 is 0 Å². The predicted molar refractivity (Wildman–Crippen MR) is 139 cm³/mol. The third-order valence-corrected chi connectivity index (χ3v) is 6.64. The molecule has 188 valence electrons. The van der Waals surface area contributed by atoms with Crippen molar-refractivity contribution < 1.29 is 14.3 Å². The lowest BCUT2D eigenvalue weighted by molar-refractivity contribution is -0.117. The number of H-pyrrole nitrogens is 1. The van der Waals surface area contributed by atoms with Gasteiger partial charge < -0.3 is 15.4 Å². The minimum Gasteiger partial charge on any atom is -0.379 e. The van der Waals surface area contributed by atoms with Crippen molar-refractivity contribution in [2.45, 2.75) is 19.4 Å². The highest BCUT2D eigenvalue weighted by molar-refractivity contribution is 6.11. The summed E-state index contributed by atoms with van der Waals surface area (Å²) in [6, 6.07) is 11.4. The van der Waals surface area contributed by atoms with Crippen molar-refractivity contribution in [1.82, 2.24) is 25.1 Å². The number of hydrogen-bond donors (Lipinski definition) is 3. The number of nitrogens with zero attached hydrogens (tertiary/aromatic N) is 4. The van der Waals surface area contributed by atoms with Gasteiger partial charge in [-0.1, -0.05) is 6.07 Å². The van der Waals surface area contributed by atoms with E-state index < -0.39 is 0 Å². The molecule has 4 aromatic rings. The van der Waals surface area contributed by atoms with E-state index in [4.69, 9.17) is 4.74 Å². The van der Waals surface area contributed by atoms with E-state index >= 15 is 0 Å². The molecule has 0 atom stereocenters. The number of benzene rings is 1. The van der Waals surface area contributed by atoms with E-state index in [9.17, 15) is 9.59 Å². The molecular weight excluding hydrogens is 470 g/mol. The van der Waals surface area contributed by atoms with Gasteiger partial charge in [0.25, 0.3) is 5.91 Å². The van der Waals surface area contributed by atoms with Crippen LogP contribution in [0, 0.1) is 5.92 Å². The lowest BCUT2D eigenvalue weighted by Gasteiger charge is -2.26. The summed E-state index contributed by atoms with van der Waals surface area (Å²) >= 11 is 0. The van der Waals surface area contributed by atoms with Crippen molar-refractivity contribution in [3.05, 3.63) is 66.4 Å². The Morgan fingerprint density at radius 1 is 0.973 bits per heavy atom. The molecule has 1 aliphatic carbocycles. The fraction of sp³-hybridized carbons (Fsp3) is 0.296. The highest BCUT2D eigenvalue weighted by Crippen LogP contribution is 2.31. The summed E-state index contributed by atoms with van der Waals surface area (Å²) in [6.07, 6.45) is 6.92. The Morgan fingerprint density at radius 2 is 1.84 bits per heavy atom. The molecular formula is C27H27N7O3. The molecule has 0 radical (unpaired) electrons. The summed E-state index contributed by atoms with van der Waals surface area (Å²) in [5.41, 5.74) is 4.95. The first-order valence-electron chi connectivity index (χ1n) is 12.4. The summed E-state index contributed by atoms with van der Waals surface area (Å²) in [5.74, 6) is -0.176. The highest BCUT2D eigenvalue weighted by Gasteiger charge is 2.29. The Hall–Kier alpha value is -4.15. The van der Waals surface area contributed by atoms with Crippen molar-refractivity contribution in [2.24, 2.45) is 5.92 Å². The van der Waals surface area contributed by atoms with Gasteiger partial charge in [-0.2, -0.15) is 5.10 Å². The maximum absolute atomic E-state index is 13.1. The molecule has 1 saturated heterocycles. The number of ether oxygens (including phenoxy) is 1. The number of fused-ring (bicyclic) bond motifs is 1. The van der Waals surface area contributed by atoms with Gasteiger partial charge in [-0.25, -0.2) is 0 Å². The highest BCUT2D eigenvalue weighted by atomic mass is 16.5. The largest absolute Gasteiger partial charge is 0.379 e. The summed E-state index contributed by atoms with van der Waals surface area (Å²) in [4.78, 5) is 36.3. The summed E-state index contributed by atoms with van der Waals surface area (Å²) in [6.45, 7) is 4.02. The first-order chi connectivity index (χ1) is 18.1. The van der Waals surface area contributed by atoms with E-state index in [1.165, 1.54) is 0 Å². The van der Waals surface area contributed by atoms with Crippen LogP contribution in [-0.2, 0) is 16.1 Å². The molecule has 10 heteroatoms. The maximum atomic E-state index is 13.1. The standard InChI is InChI=1S/C27H27N7O3/c35-26(17-1-2-17)31-22-11-19(13-28-14-22)18-3-6-24-23(12-18)25(33-32-24)27(36)30-20-4-5-21(29-15-20)16-34-7-9-37-10-8-34/h3-6,11-15,17H,1-2,7-10,16H2,(H,30,36)(H,31,35)(H,32,33). The number of carbonyl (C=O) groups is 2. The average molecular weight is 498 g/mol. The number of aromatic nitrogens is 4. The normalized spacial score (nSPS) is 16.0. The molecule has 1 saturated carbocycles. The van der Waals surface area contributed by atoms with Gasteiger partial charge in [-0.05, 0) is 48.7 Å². The van der Waals surface area contributed by atoms with Crippen LogP contribution in [0.3, 0.4) is 0 Å². The third-order valence-electron chi connectivity index (χ3n) is 6.64. The number of hydrogen-bond acceptors (Lipinski definition) is 7. The van der Waals surface area contributed by atoms with Gasteiger partial charge in [-0.15, -0.1) is 0 Å². The van der Waals surface area contributed by atoms with Crippen LogP contribution in [0.4, 0.5) is 11.4 Å². The van der Waals surface area contributed by atoms with E-state index in [1.807, 2.05) is 36.4 Å². The fourth-order valence-electron chi connectivity index (χ4n) is 4.39. The van der Waals surface area contributed by atoms with Gasteiger partial charge in [0.05, 0.1) is 48.2 Å². The van der Waals surface area contributed by atoms with Crippen LogP contribution in [0.15, 0.2) is 55.0 Å². The van der Waals surface area contributed by atoms with Crippen molar-refractivity contribution in [1.29, 1.82) is 0 Å². The molecule has 4 heterocycles. The SMILES string of the molecule is O=C(Nc1ccc(CN2CCOCC2)nc1)c1n[nH]c2ccc(-c3cncc(NC(=O)C4CC4)c3)cc12. The molecule has 2 aliphatic rings. The Kier molecular flexibility index (Phi) is 6.33. The zero-order valence-electron chi connectivity index (χ0n) is 20.2. The molecule has 2 amide bonds. The van der Waals surface area contributed by atoms with Gasteiger partial charge in [-0.3, -0.25) is 29.6 Å². The topological polar surface area (TPSA) is 125 Å². The van der Waals surface area contributed by atoms with Gasteiger partial charge in [0, 0.05) is 42.7 Å². The second-order valence-electron chi connectivity index (χ2n) is 9.44. The first-order valence-corrected chi connectivity index (χ1v) is 12.4. The van der Waals surface area contributed by atoms with Gasteiger partial charge in [0.2, 0.25) is 5.91 Å². The fourth-order valence-corrected chi connectivity index (χ4v) is 4.39. The first kappa shape index (κ1) is 23.3. The van der Waals surface area contributed by atoms with Crippen molar-refractivity contribution in [3.63, 3.8) is 0 Å². The average Bonchev–Trinajstić information content (AvgIpc) is 3.69. The van der Waals surface area contributed by atoms with E-state index in [0.717, 1.165) is 68.0 Å². The van der Waals surface area contributed by atoms with Crippen molar-refractivity contribution in [3.8, 4) is 11.1 Å². The quantitative estimate of drug-likeness (QED) is 0.357. The lowest BCUT2D eigenvalue weighted by atomic mass is 10.0. The minimum atomic E-state index is -0.324. The van der Waals surface area contributed by atoms with E-state index in [-0.39, 0.29) is 17.7 Å². The zero-order chi connectivity index (χ0) is 25.2. The van der Waals surface area contributed by atoms with Crippen molar-refractivity contribution >= 4 is 34.1 Å². The number of anilines is 2. The van der Waals surface area contributed by atoms with E-state index in [1.54, 1.807) is 18.6 Å². The molecule has 1 aromatic carbocycles. The molecule has 2 fully saturated rings. The van der Waals surface area contributed by atoms with Crippen LogP contribution in [0.25, 0.3) is 22.0 Å². The van der Waals surface area contributed by atoms with Crippen LogP contribution in [0.1, 0.15) is 29.0 Å². The van der Waals surface area contributed by atoms with Crippen LogP contribution in [0.5, 0.6) is 0 Å². The number of pyridine rings is 2. The predicted octanol–water partition coefficient (Wildman–Crippen LogP) is 3.45. The summed E-state index contributed by atoms with van der Waals surface area (Å²) in [5, 5.41) is 13.7. The molecule has 1 aliphatic heterocycles. The number of nitrogens with one attached hydrogen (secondary N) is 3. The third kappa shape index (κ3) is 5.35. The number of rotatable bonds is 7. The van der Waals surface area contributed by atoms with Crippen LogP contribution in [0.2, 0.25) is 0 Å². The number of amides is 2. The molecule has 0 spiro atoms. The van der Waals surface area contributed by atoms with Crippen LogP contribution in [-0.4, -0.2) is 63.2 Å². The Balaban J connectivity index is 1.17. The molecule has 3 N–H and O–H groups in total. The molecule has 6 rings (SSSR count). The zero-order valence-corrected chi connectivity index (χ0v) is 20.2. The number of carbonyl (C=O) groups excluding carboxylic acids is 2. The van der Waals surface area contributed by atoms with Crippen LogP contribution < -0.4 is 10.6 Å². The van der Waals surface area contributed by atoms with E-state index in [0.29, 0.717) is 22.5 Å². The second-order valence-corrected chi connectivity index (χ2v) is 9.44. The summed E-state index contributed by atoms with van der Waals surface area (Å²) in [7, 11) is 0. The smallest absolute Gasteiger partial charge is 0.276 e. The Morgan fingerprint density at radius 3 is 2.62 bits per heavy atom. The number of aromatic amines is 1. The molecule has 37 heavy (non-hydrogen) atoms. The molecule has 10 nitrogen and oxygen atoms in total. The lowest BCUT2D eigenvalue weighted by Crippen LogP contribution is -2.35. The number of morpholine rings is 1. The minimum absolute atomic E-state index is 0.0341. The molecule has 3 aromatic heterocycles. The molecule has 0 unspecified atom stereocenters. The Bertz CT molecular complexity index is 1440. The molecule has 0 bridgehead atoms.